The van der Waals surface area contributed by atoms with Gasteiger partial charge in [-0.2, -0.15) is 0 Å². The lowest BCUT2D eigenvalue weighted by molar-refractivity contribution is -0.340. The van der Waals surface area contributed by atoms with Crippen LogP contribution in [0.4, 0.5) is 0 Å². The van der Waals surface area contributed by atoms with Gasteiger partial charge in [0.05, 0.1) is 18.8 Å². The normalized spacial score (nSPS) is 25.3. The first-order chi connectivity index (χ1) is 26.9. The minimum absolute atomic E-state index is 0.365. The first-order valence-corrected chi connectivity index (χ1v) is 24.2. The molecule has 0 amide bonds. The van der Waals surface area contributed by atoms with E-state index in [0.29, 0.717) is 36.5 Å². The Kier molecular flexibility index (Phi) is 29.4. The molecule has 1 aliphatic heterocycles. The van der Waals surface area contributed by atoms with E-state index in [-0.39, 0.29) is 0 Å². The van der Waals surface area contributed by atoms with Crippen molar-refractivity contribution in [2.24, 2.45) is 47.3 Å². The van der Waals surface area contributed by atoms with Gasteiger partial charge in [-0.15, -0.1) is 0 Å². The maximum Gasteiger partial charge on any atom is 0.187 e. The second kappa shape index (κ2) is 30.7. The zero-order valence-corrected chi connectivity index (χ0v) is 39.1. The fraction of sp³-hybridized carbons (Fsp3) is 1.00. The quantitative estimate of drug-likeness (QED) is 0.0372. The number of aliphatic hydroxyl groups is 6. The van der Waals surface area contributed by atoms with Crippen LogP contribution in [-0.4, -0.2) is 86.3 Å². The van der Waals surface area contributed by atoms with E-state index in [0.717, 1.165) is 62.2 Å². The predicted molar refractivity (Wildman–Crippen MR) is 237 cm³/mol. The van der Waals surface area contributed by atoms with E-state index in [4.69, 9.17) is 9.47 Å². The summed E-state index contributed by atoms with van der Waals surface area (Å²) in [7, 11) is 0. The molecule has 8 heteroatoms. The molecule has 0 bridgehead atoms. The Bertz CT molecular complexity index is 896. The van der Waals surface area contributed by atoms with Crippen LogP contribution in [0.25, 0.3) is 0 Å². The Morgan fingerprint density at radius 2 is 0.772 bits per heavy atom. The monoisotopic (exact) mass is 815 g/mol. The Hall–Kier alpha value is -0.320. The van der Waals surface area contributed by atoms with Crippen LogP contribution in [-0.2, 0) is 9.47 Å². The lowest BCUT2D eigenvalue weighted by Gasteiger charge is -2.46. The summed E-state index contributed by atoms with van der Waals surface area (Å²) in [4.78, 5) is 0. The number of ether oxygens (including phenoxy) is 2. The van der Waals surface area contributed by atoms with Crippen LogP contribution >= 0.6 is 0 Å². The van der Waals surface area contributed by atoms with Crippen molar-refractivity contribution in [2.75, 3.05) is 13.2 Å². The third kappa shape index (κ3) is 23.5. The molecular weight excluding hydrogens is 717 g/mol. The fourth-order valence-electron chi connectivity index (χ4n) is 9.07. The van der Waals surface area contributed by atoms with Crippen molar-refractivity contribution in [3.8, 4) is 0 Å². The maximum atomic E-state index is 11.5. The molecule has 0 aromatic carbocycles. The van der Waals surface area contributed by atoms with Gasteiger partial charge in [-0.3, -0.25) is 0 Å². The number of hydrogen-bond acceptors (Lipinski definition) is 8. The van der Waals surface area contributed by atoms with Crippen LogP contribution in [0.5, 0.6) is 0 Å². The van der Waals surface area contributed by atoms with E-state index in [1.54, 1.807) is 0 Å². The van der Waals surface area contributed by atoms with Crippen molar-refractivity contribution in [1.82, 2.24) is 0 Å². The van der Waals surface area contributed by atoms with Crippen molar-refractivity contribution in [1.29, 1.82) is 0 Å². The van der Waals surface area contributed by atoms with Gasteiger partial charge >= 0.3 is 0 Å². The molecule has 1 fully saturated rings. The average Bonchev–Trinajstić information content (AvgIpc) is 3.15. The van der Waals surface area contributed by atoms with Gasteiger partial charge < -0.3 is 40.1 Å². The summed E-state index contributed by atoms with van der Waals surface area (Å²) in [5.74, 6) is 5.32. The summed E-state index contributed by atoms with van der Waals surface area (Å²) >= 11 is 0. The Balaban J connectivity index is 2.79. The zero-order valence-electron chi connectivity index (χ0n) is 39.1. The summed E-state index contributed by atoms with van der Waals surface area (Å²) in [6.07, 6.45) is 16.7. The van der Waals surface area contributed by atoms with Crippen molar-refractivity contribution in [3.05, 3.63) is 0 Å². The Morgan fingerprint density at radius 1 is 0.456 bits per heavy atom. The molecule has 1 aliphatic rings. The highest BCUT2D eigenvalue weighted by molar-refractivity contribution is 4.94. The zero-order chi connectivity index (χ0) is 43.0. The van der Waals surface area contributed by atoms with Gasteiger partial charge in [-0.05, 0) is 73.0 Å². The third-order valence-corrected chi connectivity index (χ3v) is 13.6. The van der Waals surface area contributed by atoms with E-state index in [1.807, 2.05) is 0 Å². The van der Waals surface area contributed by atoms with Gasteiger partial charge in [0.2, 0.25) is 0 Å². The molecule has 1 heterocycles. The second-order valence-electron chi connectivity index (χ2n) is 20.7. The summed E-state index contributed by atoms with van der Waals surface area (Å²) in [5.41, 5.74) is -1.23. The standard InChI is InChI=1S/C49H98O8/c1-35(2)17-11-19-37(5)21-13-23-39(7)25-15-27-41(9)29-31-49(44(52)34-51,57-48-47(55)46(54)45(53)43(33-50)56-48)32-30-42(10)28-16-26-40(8)24-14-22-38(6)20-12-18-36(3)4/h35-48,50-55H,11-34H2,1-10H3/t37?,38?,39?,40?,41?,42?,43-,44?,45-,46+,47-,48?,49?/m1/s1. The predicted octanol–water partition coefficient (Wildman–Crippen LogP) is 10.6. The molecule has 12 atom stereocenters. The molecule has 0 aromatic heterocycles. The van der Waals surface area contributed by atoms with Crippen molar-refractivity contribution in [3.63, 3.8) is 0 Å². The van der Waals surface area contributed by atoms with Crippen LogP contribution in [0, 0.1) is 47.3 Å². The van der Waals surface area contributed by atoms with E-state index in [1.165, 1.54) is 89.9 Å². The number of aliphatic hydroxyl groups excluding tert-OH is 6. The molecule has 342 valence electrons. The van der Waals surface area contributed by atoms with Gasteiger partial charge in [0.25, 0.3) is 0 Å². The minimum atomic E-state index is -1.58. The molecule has 6 N–H and O–H groups in total. The summed E-state index contributed by atoms with van der Waals surface area (Å²) < 4.78 is 12.3. The van der Waals surface area contributed by atoms with Gasteiger partial charge in [0, 0.05) is 0 Å². The van der Waals surface area contributed by atoms with E-state index >= 15 is 0 Å². The summed E-state index contributed by atoms with van der Waals surface area (Å²) in [6.45, 7) is 22.2. The first-order valence-electron chi connectivity index (χ1n) is 24.2. The van der Waals surface area contributed by atoms with Crippen molar-refractivity contribution >= 4 is 0 Å². The average molecular weight is 815 g/mol. The van der Waals surface area contributed by atoms with Crippen molar-refractivity contribution in [2.45, 2.75) is 253 Å². The van der Waals surface area contributed by atoms with Gasteiger partial charge in [-0.25, -0.2) is 0 Å². The minimum Gasteiger partial charge on any atom is -0.394 e. The molecule has 8 nitrogen and oxygen atoms in total. The van der Waals surface area contributed by atoms with Gasteiger partial charge in [0.15, 0.2) is 6.29 Å². The molecule has 0 aromatic rings. The van der Waals surface area contributed by atoms with E-state index < -0.39 is 55.6 Å². The van der Waals surface area contributed by atoms with E-state index in [9.17, 15) is 30.6 Å². The van der Waals surface area contributed by atoms with Crippen LogP contribution in [0.3, 0.4) is 0 Å². The topological polar surface area (TPSA) is 140 Å². The highest BCUT2D eigenvalue weighted by Crippen LogP contribution is 2.37. The maximum absolute atomic E-state index is 11.5. The van der Waals surface area contributed by atoms with E-state index in [2.05, 4.69) is 69.2 Å². The lowest BCUT2D eigenvalue weighted by atomic mass is 9.80. The smallest absolute Gasteiger partial charge is 0.187 e. The Labute approximate surface area is 352 Å². The Morgan fingerprint density at radius 3 is 1.07 bits per heavy atom. The molecule has 0 saturated carbocycles. The molecule has 8 unspecified atom stereocenters. The van der Waals surface area contributed by atoms with Gasteiger partial charge in [-0.1, -0.05) is 185 Å². The lowest BCUT2D eigenvalue weighted by Crippen LogP contribution is -2.62. The fourth-order valence-corrected chi connectivity index (χ4v) is 9.07. The molecular formula is C49H98O8. The molecule has 0 radical (unpaired) electrons. The molecule has 1 rings (SSSR count). The second-order valence-corrected chi connectivity index (χ2v) is 20.7. The van der Waals surface area contributed by atoms with Crippen LogP contribution in [0.2, 0.25) is 0 Å². The largest absolute Gasteiger partial charge is 0.394 e. The SMILES string of the molecule is CC(C)CCCC(C)CCCC(C)CCCC(C)CCC(CCC(C)CCCC(C)CCCC(C)CCCC(C)C)(OC1O[C@H](CO)[C@@H](O)[C@H](O)[C@H]1O)C(O)CO. The van der Waals surface area contributed by atoms with Crippen LogP contribution in [0.1, 0.15) is 210 Å². The first kappa shape index (κ1) is 54.7. The summed E-state index contributed by atoms with van der Waals surface area (Å²) in [5, 5.41) is 63.6. The summed E-state index contributed by atoms with van der Waals surface area (Å²) in [6, 6.07) is 0. The van der Waals surface area contributed by atoms with Crippen molar-refractivity contribution < 1.29 is 40.1 Å². The number of rotatable bonds is 35. The highest BCUT2D eigenvalue weighted by Gasteiger charge is 2.49. The molecule has 0 spiro atoms. The molecule has 1 saturated heterocycles. The molecule has 0 aliphatic carbocycles. The highest BCUT2D eigenvalue weighted by atomic mass is 16.7. The van der Waals surface area contributed by atoms with Gasteiger partial charge in [0.1, 0.15) is 30.5 Å². The molecule has 57 heavy (non-hydrogen) atoms. The van der Waals surface area contributed by atoms with Crippen LogP contribution in [0.15, 0.2) is 0 Å². The van der Waals surface area contributed by atoms with Crippen LogP contribution < -0.4 is 0 Å². The number of hydrogen-bond donors (Lipinski definition) is 6. The third-order valence-electron chi connectivity index (χ3n) is 13.6.